The van der Waals surface area contributed by atoms with Crippen LogP contribution in [0.4, 0.5) is 0 Å². The quantitative estimate of drug-likeness (QED) is 0.128. The van der Waals surface area contributed by atoms with E-state index in [1.165, 1.54) is 45.9 Å². The molecule has 0 unspecified atom stereocenters. The minimum Gasteiger partial charge on any atom is -0.0746 e. The molecule has 0 fully saturated rings. The Morgan fingerprint density at radius 3 is 0.789 bits per heavy atom. The predicted octanol–water partition coefficient (Wildman–Crippen LogP) is 7.06. The van der Waals surface area contributed by atoms with E-state index >= 15 is 0 Å². The van der Waals surface area contributed by atoms with E-state index in [1.807, 2.05) is 0 Å². The van der Waals surface area contributed by atoms with Crippen molar-refractivity contribution in [1.82, 2.24) is 0 Å². The van der Waals surface area contributed by atoms with Crippen LogP contribution in [0.2, 0.25) is 0 Å². The van der Waals surface area contributed by atoms with E-state index in [1.54, 1.807) is 5.30 Å². The van der Waals surface area contributed by atoms with Gasteiger partial charge in [-0.25, -0.2) is 0 Å². The average Bonchev–Trinajstić information content (AvgIpc) is 2.99. The normalized spacial score (nSPS) is 11.0. The Balaban J connectivity index is 0.00000336. The van der Waals surface area contributed by atoms with Gasteiger partial charge in [0.15, 0.2) is 0 Å². The summed E-state index contributed by atoms with van der Waals surface area (Å²) >= 11 is 0. The summed E-state index contributed by atoms with van der Waals surface area (Å²) in [5, 5.41) is 7.50. The van der Waals surface area contributed by atoms with E-state index in [-0.39, 0.29) is 44.8 Å². The molecule has 0 atom stereocenters. The van der Waals surface area contributed by atoms with Crippen LogP contribution in [0.5, 0.6) is 0 Å². The van der Waals surface area contributed by atoms with Crippen molar-refractivity contribution in [2.75, 3.05) is 24.6 Å². The zero-order valence-corrected chi connectivity index (χ0v) is 26.4. The molecule has 0 spiro atoms. The third-order valence-corrected chi connectivity index (χ3v) is 14.9. The van der Waals surface area contributed by atoms with Crippen molar-refractivity contribution in [3.05, 3.63) is 152 Å². The number of hydrogen-bond donors (Lipinski definition) is 0. The zero-order valence-electron chi connectivity index (χ0n) is 21.4. The van der Waals surface area contributed by atoms with E-state index in [4.69, 9.17) is 0 Å². The summed E-state index contributed by atoms with van der Waals surface area (Å²) in [6, 6.07) is 56.0. The topological polar surface area (TPSA) is 0 Å². The van der Waals surface area contributed by atoms with E-state index in [9.17, 15) is 0 Å². The molecule has 0 aliphatic rings. The fourth-order valence-corrected chi connectivity index (χ4v) is 13.3. The van der Waals surface area contributed by atoms with Crippen molar-refractivity contribution in [2.45, 2.75) is 0 Å². The Bertz CT molecular complexity index is 1150. The van der Waals surface area contributed by atoms with Gasteiger partial charge in [0, 0.05) is 21.1 Å². The Morgan fingerprint density at radius 2 is 0.526 bits per heavy atom. The summed E-state index contributed by atoms with van der Waals surface area (Å²) in [7, 11) is -0.982. The van der Waals surface area contributed by atoms with E-state index in [0.29, 0.717) is 0 Å². The van der Waals surface area contributed by atoms with Gasteiger partial charge < -0.3 is 0 Å². The maximum atomic E-state index is 2.37. The molecule has 0 nitrogen and oxygen atoms in total. The zero-order chi connectivity index (χ0) is 25.1. The van der Waals surface area contributed by atoms with Gasteiger partial charge in [0.25, 0.3) is 0 Å². The van der Waals surface area contributed by atoms with Crippen LogP contribution >= 0.6 is 23.8 Å². The smallest absolute Gasteiger partial charge is 0 e. The molecule has 0 aromatic heterocycles. The van der Waals surface area contributed by atoms with Gasteiger partial charge in [0.05, 0.1) is 0 Å². The molecule has 5 rings (SSSR count). The molecule has 0 saturated heterocycles. The summed E-state index contributed by atoms with van der Waals surface area (Å²) in [6.07, 6.45) is 5.00. The Kier molecular flexibility index (Phi) is 11.9. The molecule has 0 heterocycles. The first-order valence-electron chi connectivity index (χ1n) is 12.9. The standard InChI is InChI=1S/C34H33P3.Pt/c1-6-16-30(17-7-1)35(26-28-36(31-18-8-2-9-19-31)32-20-10-3-11-21-32)27-29-37(33-22-12-4-13-23-33)34-24-14-5-15-25-34;/h1-25H,26-29H2;. The molecule has 194 valence electrons. The second-order valence-corrected chi connectivity index (χ2v) is 16.1. The second kappa shape index (κ2) is 15.6. The Hall–Kier alpha value is -1.92. The van der Waals surface area contributed by atoms with Crippen molar-refractivity contribution in [3.63, 3.8) is 0 Å². The van der Waals surface area contributed by atoms with Crippen molar-refractivity contribution < 1.29 is 21.1 Å². The van der Waals surface area contributed by atoms with Crippen molar-refractivity contribution in [3.8, 4) is 0 Å². The van der Waals surface area contributed by atoms with Crippen LogP contribution in [-0.2, 0) is 21.1 Å². The van der Waals surface area contributed by atoms with E-state index in [2.05, 4.69) is 152 Å². The fraction of sp³-hybridized carbons (Fsp3) is 0.118. The first kappa shape index (κ1) is 29.1. The largest absolute Gasteiger partial charge is 0.0746 e. The molecule has 0 radical (unpaired) electrons. The molecule has 0 N–H and O–H groups in total. The molecule has 0 aliphatic heterocycles. The first-order chi connectivity index (χ1) is 18.4. The van der Waals surface area contributed by atoms with Crippen LogP contribution in [0.1, 0.15) is 0 Å². The summed E-state index contributed by atoms with van der Waals surface area (Å²) in [5.74, 6) is 0. The van der Waals surface area contributed by atoms with Crippen molar-refractivity contribution in [2.24, 2.45) is 0 Å². The number of benzene rings is 5. The molecule has 38 heavy (non-hydrogen) atoms. The Labute approximate surface area is 246 Å². The number of hydrogen-bond acceptors (Lipinski definition) is 0. The van der Waals surface area contributed by atoms with Gasteiger partial charge in [-0.1, -0.05) is 160 Å². The van der Waals surface area contributed by atoms with E-state index in [0.717, 1.165) is 0 Å². The molecular formula is C34H33P3Pt. The summed E-state index contributed by atoms with van der Waals surface area (Å²) < 4.78 is 0. The minimum absolute atomic E-state index is 0. The maximum Gasteiger partial charge on any atom is 0 e. The summed E-state index contributed by atoms with van der Waals surface area (Å²) in [4.78, 5) is 0. The predicted molar refractivity (Wildman–Crippen MR) is 171 cm³/mol. The van der Waals surface area contributed by atoms with Gasteiger partial charge in [-0.2, -0.15) is 0 Å². The van der Waals surface area contributed by atoms with Crippen LogP contribution < -0.4 is 26.5 Å². The van der Waals surface area contributed by atoms with Gasteiger partial charge in [-0.3, -0.25) is 0 Å². The van der Waals surface area contributed by atoms with Gasteiger partial charge in [-0.15, -0.1) is 0 Å². The van der Waals surface area contributed by atoms with Gasteiger partial charge in [-0.05, 0) is 67.0 Å². The summed E-state index contributed by atoms with van der Waals surface area (Å²) in [6.45, 7) is 0. The third-order valence-electron chi connectivity index (χ3n) is 6.58. The van der Waals surface area contributed by atoms with Crippen LogP contribution in [0.15, 0.2) is 152 Å². The molecule has 0 saturated carbocycles. The number of rotatable bonds is 11. The minimum atomic E-state index is -0.366. The second-order valence-electron chi connectivity index (χ2n) is 8.97. The average molecular weight is 730 g/mol. The molecule has 4 heteroatoms. The third kappa shape index (κ3) is 8.05. The first-order valence-corrected chi connectivity index (χ1v) is 17.7. The van der Waals surface area contributed by atoms with Crippen LogP contribution in [0, 0.1) is 0 Å². The van der Waals surface area contributed by atoms with Gasteiger partial charge in [0.1, 0.15) is 0 Å². The molecule has 5 aromatic carbocycles. The van der Waals surface area contributed by atoms with Crippen LogP contribution in [0.25, 0.3) is 0 Å². The molecule has 0 amide bonds. The van der Waals surface area contributed by atoms with Gasteiger partial charge in [0.2, 0.25) is 0 Å². The summed E-state index contributed by atoms with van der Waals surface area (Å²) in [5.41, 5.74) is 0. The molecule has 0 aliphatic carbocycles. The molecular weight excluding hydrogens is 696 g/mol. The molecule has 0 bridgehead atoms. The van der Waals surface area contributed by atoms with E-state index < -0.39 is 0 Å². The van der Waals surface area contributed by atoms with Crippen LogP contribution in [-0.4, -0.2) is 24.6 Å². The Morgan fingerprint density at radius 1 is 0.289 bits per heavy atom. The SMILES string of the molecule is [Pt].c1ccc(P(CCP(c2ccccc2)c2ccccc2)CCP(c2ccccc2)c2ccccc2)cc1. The van der Waals surface area contributed by atoms with Crippen molar-refractivity contribution in [1.29, 1.82) is 0 Å². The monoisotopic (exact) mass is 729 g/mol. The maximum absolute atomic E-state index is 2.37. The van der Waals surface area contributed by atoms with Crippen LogP contribution in [0.3, 0.4) is 0 Å². The fourth-order valence-electron chi connectivity index (χ4n) is 4.70. The van der Waals surface area contributed by atoms with Crippen molar-refractivity contribution >= 4 is 50.3 Å². The van der Waals surface area contributed by atoms with Gasteiger partial charge >= 0.3 is 0 Å². The molecule has 5 aromatic rings.